The number of alkyl halides is 3. The number of aromatic nitrogens is 2. The minimum absolute atomic E-state index is 0.0152. The molecule has 0 aliphatic carbocycles. The first-order valence-corrected chi connectivity index (χ1v) is 7.76. The van der Waals surface area contributed by atoms with Crippen molar-refractivity contribution in [1.29, 1.82) is 5.26 Å². The lowest BCUT2D eigenvalue weighted by Crippen LogP contribution is -2.28. The molecule has 1 atom stereocenters. The van der Waals surface area contributed by atoms with E-state index in [0.717, 1.165) is 0 Å². The summed E-state index contributed by atoms with van der Waals surface area (Å²) >= 11 is 0. The summed E-state index contributed by atoms with van der Waals surface area (Å²) < 4.78 is 55.5. The number of hydrogen-bond donors (Lipinski definition) is 1. The molecule has 6 nitrogen and oxygen atoms in total. The van der Waals surface area contributed by atoms with Gasteiger partial charge in [-0.25, -0.2) is 4.39 Å². The molecule has 142 valence electrons. The fraction of sp³-hybridized carbons (Fsp3) is 0.111. The fourth-order valence-corrected chi connectivity index (χ4v) is 2.33. The average molecular weight is 390 g/mol. The number of nitriles is 1. The zero-order valence-corrected chi connectivity index (χ0v) is 13.9. The molecule has 0 fully saturated rings. The molecule has 0 spiro atoms. The number of hydrogen-bond acceptors (Lipinski definition) is 5. The van der Waals surface area contributed by atoms with Gasteiger partial charge in [-0.3, -0.25) is 4.79 Å². The number of benzene rings is 2. The molecular formula is C18H10F4N4O2. The van der Waals surface area contributed by atoms with E-state index in [2.05, 4.69) is 20.0 Å². The maximum Gasteiger partial charge on any atom is 0.471 e. The van der Waals surface area contributed by atoms with Crippen LogP contribution in [-0.2, 0) is 6.18 Å². The molecule has 1 aromatic heterocycles. The Morgan fingerprint density at radius 1 is 1.14 bits per heavy atom. The van der Waals surface area contributed by atoms with Gasteiger partial charge in [-0.2, -0.15) is 23.4 Å². The van der Waals surface area contributed by atoms with E-state index in [0.29, 0.717) is 0 Å². The molecule has 0 bridgehead atoms. The van der Waals surface area contributed by atoms with Crippen molar-refractivity contribution in [2.75, 3.05) is 0 Å². The molecule has 10 heteroatoms. The first kappa shape index (κ1) is 19.0. The molecule has 1 amide bonds. The van der Waals surface area contributed by atoms with Crippen LogP contribution in [0, 0.1) is 17.1 Å². The molecular weight excluding hydrogens is 380 g/mol. The number of nitrogens with one attached hydrogen (secondary N) is 1. The van der Waals surface area contributed by atoms with Crippen molar-refractivity contribution in [2.24, 2.45) is 0 Å². The van der Waals surface area contributed by atoms with E-state index in [-0.39, 0.29) is 22.5 Å². The largest absolute Gasteiger partial charge is 0.471 e. The minimum Gasteiger partial charge on any atom is -0.332 e. The summed E-state index contributed by atoms with van der Waals surface area (Å²) in [4.78, 5) is 15.5. The highest BCUT2D eigenvalue weighted by atomic mass is 19.4. The lowest BCUT2D eigenvalue weighted by molar-refractivity contribution is -0.159. The highest BCUT2D eigenvalue weighted by Gasteiger charge is 2.38. The quantitative estimate of drug-likeness (QED) is 0.683. The number of carbonyl (C=O) groups is 1. The van der Waals surface area contributed by atoms with Crippen molar-refractivity contribution in [3.63, 3.8) is 0 Å². The summed E-state index contributed by atoms with van der Waals surface area (Å²) in [6.07, 6.45) is -4.76. The SMILES string of the molecule is N#C[C@@H](NC(=O)c1ccc(-c2noc(C(F)(F)F)n2)cc1)c1ccccc1F. The van der Waals surface area contributed by atoms with Gasteiger partial charge in [0.05, 0.1) is 6.07 Å². The molecule has 1 N–H and O–H groups in total. The highest BCUT2D eigenvalue weighted by Crippen LogP contribution is 2.29. The van der Waals surface area contributed by atoms with Crippen molar-refractivity contribution >= 4 is 5.91 Å². The van der Waals surface area contributed by atoms with Gasteiger partial charge < -0.3 is 9.84 Å². The molecule has 1 heterocycles. The lowest BCUT2D eigenvalue weighted by Gasteiger charge is -2.12. The Kier molecular flexibility index (Phi) is 5.08. The van der Waals surface area contributed by atoms with E-state index in [1.165, 1.54) is 48.5 Å². The van der Waals surface area contributed by atoms with E-state index in [1.54, 1.807) is 6.07 Å². The third-order valence-corrected chi connectivity index (χ3v) is 3.69. The summed E-state index contributed by atoms with van der Waals surface area (Å²) in [5, 5.41) is 14.8. The molecule has 0 aliphatic heterocycles. The normalized spacial score (nSPS) is 12.2. The van der Waals surface area contributed by atoms with Crippen molar-refractivity contribution in [2.45, 2.75) is 12.2 Å². The van der Waals surface area contributed by atoms with Crippen LogP contribution in [-0.4, -0.2) is 16.0 Å². The predicted octanol–water partition coefficient (Wildman–Crippen LogP) is 3.89. The van der Waals surface area contributed by atoms with Gasteiger partial charge in [-0.05, 0) is 18.2 Å². The monoisotopic (exact) mass is 390 g/mol. The van der Waals surface area contributed by atoms with Gasteiger partial charge in [0.15, 0.2) is 0 Å². The molecule has 0 saturated carbocycles. The number of carbonyl (C=O) groups excluding carboxylic acids is 1. The third kappa shape index (κ3) is 3.98. The highest BCUT2D eigenvalue weighted by molar-refractivity contribution is 5.95. The predicted molar refractivity (Wildman–Crippen MR) is 87.0 cm³/mol. The second kappa shape index (κ2) is 7.48. The maximum atomic E-state index is 13.8. The second-order valence-corrected chi connectivity index (χ2v) is 5.56. The summed E-state index contributed by atoms with van der Waals surface area (Å²) in [6.45, 7) is 0. The van der Waals surface area contributed by atoms with Crippen LogP contribution in [0.25, 0.3) is 11.4 Å². The number of nitrogens with zero attached hydrogens (tertiary/aromatic N) is 3. The van der Waals surface area contributed by atoms with Crippen LogP contribution in [0.15, 0.2) is 53.1 Å². The first-order valence-electron chi connectivity index (χ1n) is 7.76. The molecule has 0 aliphatic rings. The Labute approximate surface area is 155 Å². The number of halogens is 4. The summed E-state index contributed by atoms with van der Waals surface area (Å²) in [5.74, 6) is -3.07. The molecule has 0 radical (unpaired) electrons. The summed E-state index contributed by atoms with van der Waals surface area (Å²) in [7, 11) is 0. The Morgan fingerprint density at radius 2 is 1.82 bits per heavy atom. The van der Waals surface area contributed by atoms with E-state index in [1.807, 2.05) is 0 Å². The lowest BCUT2D eigenvalue weighted by atomic mass is 10.1. The van der Waals surface area contributed by atoms with E-state index < -0.39 is 29.8 Å². The molecule has 28 heavy (non-hydrogen) atoms. The van der Waals surface area contributed by atoms with Gasteiger partial charge in [0.25, 0.3) is 5.91 Å². The molecule has 2 aromatic carbocycles. The molecule has 0 unspecified atom stereocenters. The van der Waals surface area contributed by atoms with E-state index >= 15 is 0 Å². The first-order chi connectivity index (χ1) is 13.3. The Balaban J connectivity index is 1.76. The van der Waals surface area contributed by atoms with Gasteiger partial charge in [0.2, 0.25) is 5.82 Å². The molecule has 3 aromatic rings. The zero-order chi connectivity index (χ0) is 20.3. The third-order valence-electron chi connectivity index (χ3n) is 3.69. The summed E-state index contributed by atoms with van der Waals surface area (Å²) in [6, 6.07) is 11.4. The van der Waals surface area contributed by atoms with Crippen molar-refractivity contribution in [3.8, 4) is 17.5 Å². The van der Waals surface area contributed by atoms with Gasteiger partial charge >= 0.3 is 12.1 Å². The number of amides is 1. The molecule has 3 rings (SSSR count). The summed E-state index contributed by atoms with van der Waals surface area (Å²) in [5.41, 5.74) is 0.322. The smallest absolute Gasteiger partial charge is 0.332 e. The maximum absolute atomic E-state index is 13.8. The van der Waals surface area contributed by atoms with Crippen LogP contribution in [0.3, 0.4) is 0 Å². The average Bonchev–Trinajstić information content (AvgIpc) is 3.17. The van der Waals surface area contributed by atoms with Crippen molar-refractivity contribution < 1.29 is 26.9 Å². The van der Waals surface area contributed by atoms with Crippen LogP contribution in [0.1, 0.15) is 27.9 Å². The Bertz CT molecular complexity index is 1040. The topological polar surface area (TPSA) is 91.8 Å². The number of rotatable bonds is 4. The second-order valence-electron chi connectivity index (χ2n) is 5.56. The Morgan fingerprint density at radius 3 is 2.39 bits per heavy atom. The van der Waals surface area contributed by atoms with Crippen LogP contribution >= 0.6 is 0 Å². The molecule has 0 saturated heterocycles. The van der Waals surface area contributed by atoms with Crippen LogP contribution < -0.4 is 5.32 Å². The van der Waals surface area contributed by atoms with Crippen LogP contribution in [0.4, 0.5) is 17.6 Å². The minimum atomic E-state index is -4.76. The van der Waals surface area contributed by atoms with Crippen LogP contribution in [0.2, 0.25) is 0 Å². The van der Waals surface area contributed by atoms with Gasteiger partial charge in [-0.1, -0.05) is 35.5 Å². The zero-order valence-electron chi connectivity index (χ0n) is 13.9. The van der Waals surface area contributed by atoms with Crippen LogP contribution in [0.5, 0.6) is 0 Å². The fourth-order valence-electron chi connectivity index (χ4n) is 2.33. The van der Waals surface area contributed by atoms with Crippen molar-refractivity contribution in [3.05, 3.63) is 71.4 Å². The van der Waals surface area contributed by atoms with Gasteiger partial charge in [0.1, 0.15) is 11.9 Å². The van der Waals surface area contributed by atoms with E-state index in [9.17, 15) is 27.6 Å². The Hall–Kier alpha value is -3.74. The van der Waals surface area contributed by atoms with Crippen molar-refractivity contribution in [1.82, 2.24) is 15.5 Å². The van der Waals surface area contributed by atoms with Gasteiger partial charge in [-0.15, -0.1) is 0 Å². The van der Waals surface area contributed by atoms with Gasteiger partial charge in [0, 0.05) is 16.7 Å². The van der Waals surface area contributed by atoms with E-state index in [4.69, 9.17) is 0 Å². The standard InChI is InChI=1S/C18H10F4N4O2/c19-13-4-2-1-3-12(13)14(9-23)24-16(27)11-7-5-10(6-8-11)15-25-17(28-26-15)18(20,21)22/h1-8,14H,(H,24,27)/t14-/m1/s1.